The molecule has 188 valence electrons. The predicted octanol–water partition coefficient (Wildman–Crippen LogP) is 3.63. The van der Waals surface area contributed by atoms with E-state index in [1.165, 1.54) is 0 Å². The minimum atomic E-state index is -0.309. The number of pyridine rings is 1. The van der Waals surface area contributed by atoms with Crippen LogP contribution in [0.15, 0.2) is 61.1 Å². The molecule has 0 aliphatic carbocycles. The van der Waals surface area contributed by atoms with Crippen LogP contribution < -0.4 is 4.90 Å². The molecular formula is C29H31N7O. The van der Waals surface area contributed by atoms with E-state index >= 15 is 0 Å². The summed E-state index contributed by atoms with van der Waals surface area (Å²) in [5, 5.41) is 19.9. The van der Waals surface area contributed by atoms with Crippen molar-refractivity contribution in [2.45, 2.75) is 19.6 Å². The van der Waals surface area contributed by atoms with E-state index in [1.807, 2.05) is 36.7 Å². The van der Waals surface area contributed by atoms with Crippen molar-refractivity contribution in [3.8, 4) is 34.4 Å². The molecule has 2 aliphatic heterocycles. The fourth-order valence-corrected chi connectivity index (χ4v) is 5.77. The Balaban J connectivity index is 1.37. The average Bonchev–Trinajstić information content (AvgIpc) is 3.51. The topological polar surface area (TPSA) is 86.1 Å². The summed E-state index contributed by atoms with van der Waals surface area (Å²) in [5.74, 6) is 2.18. The number of aliphatic hydroxyl groups is 1. The lowest BCUT2D eigenvalue weighted by Gasteiger charge is -2.42. The number of aromatic nitrogens is 4. The lowest BCUT2D eigenvalue weighted by Crippen LogP contribution is -2.51. The Morgan fingerprint density at radius 1 is 1.11 bits per heavy atom. The Morgan fingerprint density at radius 3 is 2.68 bits per heavy atom. The van der Waals surface area contributed by atoms with Gasteiger partial charge in [-0.2, -0.15) is 5.26 Å². The van der Waals surface area contributed by atoms with Gasteiger partial charge in [-0.3, -0.25) is 4.57 Å². The number of imidazole rings is 1. The standard InChI is InChI=1S/C29H31N7O/c1-19-14-35(17-23(28(19)37)15-33(2)3)27-9-8-25-24(32-27)18-34-16-22(21-6-4-20(13-30)5-7-21)12-26(34)29-31-10-11-36(25)29/h4-12,16,19,23,28,37H,14-15,17-18H2,1-3H3/t19?,23-,28-/m1/s1. The Bertz CT molecular complexity index is 1480. The molecule has 1 unspecified atom stereocenters. The Kier molecular flexibility index (Phi) is 5.82. The Hall–Kier alpha value is -3.93. The van der Waals surface area contributed by atoms with Crippen molar-refractivity contribution in [2.75, 3.05) is 38.6 Å². The molecule has 8 nitrogen and oxygen atoms in total. The third-order valence-corrected chi connectivity index (χ3v) is 7.58. The Morgan fingerprint density at radius 2 is 1.92 bits per heavy atom. The number of rotatable bonds is 4. The van der Waals surface area contributed by atoms with Crippen LogP contribution in [0.5, 0.6) is 0 Å². The van der Waals surface area contributed by atoms with Crippen molar-refractivity contribution >= 4 is 5.82 Å². The van der Waals surface area contributed by atoms with Crippen molar-refractivity contribution in [1.82, 2.24) is 24.0 Å². The number of fused-ring (bicyclic) bond motifs is 5. The number of hydrogen-bond acceptors (Lipinski definition) is 6. The second kappa shape index (κ2) is 9.18. The zero-order valence-electron chi connectivity index (χ0n) is 21.4. The van der Waals surface area contributed by atoms with Crippen molar-refractivity contribution in [3.05, 3.63) is 72.3 Å². The molecule has 2 aliphatic rings. The van der Waals surface area contributed by atoms with Gasteiger partial charge in [-0.1, -0.05) is 19.1 Å². The first-order valence-corrected chi connectivity index (χ1v) is 12.7. The molecule has 0 saturated carbocycles. The summed E-state index contributed by atoms with van der Waals surface area (Å²) < 4.78 is 4.33. The smallest absolute Gasteiger partial charge is 0.161 e. The molecule has 0 radical (unpaired) electrons. The van der Waals surface area contributed by atoms with E-state index in [0.29, 0.717) is 12.1 Å². The number of nitrogens with zero attached hydrogens (tertiary/aromatic N) is 7. The van der Waals surface area contributed by atoms with Crippen LogP contribution in [0, 0.1) is 23.2 Å². The van der Waals surface area contributed by atoms with Gasteiger partial charge in [0.2, 0.25) is 0 Å². The van der Waals surface area contributed by atoms with Gasteiger partial charge < -0.3 is 19.5 Å². The molecule has 4 aromatic rings. The van der Waals surface area contributed by atoms with E-state index in [4.69, 9.17) is 10.2 Å². The van der Waals surface area contributed by atoms with E-state index in [0.717, 1.165) is 59.5 Å². The third kappa shape index (κ3) is 4.20. The maximum atomic E-state index is 10.8. The zero-order chi connectivity index (χ0) is 25.7. The van der Waals surface area contributed by atoms with E-state index in [9.17, 15) is 5.11 Å². The summed E-state index contributed by atoms with van der Waals surface area (Å²) in [4.78, 5) is 14.3. The van der Waals surface area contributed by atoms with E-state index < -0.39 is 0 Å². The number of aliphatic hydroxyl groups excluding tert-OH is 1. The van der Waals surface area contributed by atoms with Crippen LogP contribution in [0.4, 0.5) is 5.82 Å². The number of anilines is 1. The number of nitriles is 1. The monoisotopic (exact) mass is 493 g/mol. The molecule has 3 atom stereocenters. The molecule has 0 spiro atoms. The molecular weight excluding hydrogens is 462 g/mol. The van der Waals surface area contributed by atoms with Gasteiger partial charge in [-0.05, 0) is 55.9 Å². The normalized spacial score (nSPS) is 20.6. The second-order valence-electron chi connectivity index (χ2n) is 10.6. The molecule has 3 aromatic heterocycles. The summed E-state index contributed by atoms with van der Waals surface area (Å²) in [6.45, 7) is 5.16. The SMILES string of the molecule is CC1CN(c2ccc3c(n2)Cn2cc(-c4ccc(C#N)cc4)cc2-c2nccn2-3)C[C@@H](CN(C)C)[C@@H]1O. The summed E-state index contributed by atoms with van der Waals surface area (Å²) in [7, 11) is 4.11. The first kappa shape index (κ1) is 23.5. The van der Waals surface area contributed by atoms with Crippen LogP contribution >= 0.6 is 0 Å². The molecule has 1 fully saturated rings. The Labute approximate surface area is 217 Å². The highest BCUT2D eigenvalue weighted by atomic mass is 16.3. The molecule has 1 saturated heterocycles. The molecule has 1 N–H and O–H groups in total. The van der Waals surface area contributed by atoms with Gasteiger partial charge in [0.25, 0.3) is 0 Å². The summed E-state index contributed by atoms with van der Waals surface area (Å²) in [6.07, 6.45) is 5.66. The maximum absolute atomic E-state index is 10.8. The first-order valence-electron chi connectivity index (χ1n) is 12.7. The molecule has 37 heavy (non-hydrogen) atoms. The van der Waals surface area contributed by atoms with Gasteiger partial charge in [0.05, 0.1) is 41.4 Å². The highest BCUT2D eigenvalue weighted by Gasteiger charge is 2.34. The molecule has 8 heteroatoms. The highest BCUT2D eigenvalue weighted by Crippen LogP contribution is 2.35. The van der Waals surface area contributed by atoms with Gasteiger partial charge >= 0.3 is 0 Å². The van der Waals surface area contributed by atoms with Crippen LogP contribution in [0.2, 0.25) is 0 Å². The van der Waals surface area contributed by atoms with Crippen molar-refractivity contribution in [1.29, 1.82) is 5.26 Å². The number of hydrogen-bond donors (Lipinski definition) is 1. The van der Waals surface area contributed by atoms with Crippen LogP contribution in [-0.2, 0) is 6.54 Å². The summed E-state index contributed by atoms with van der Waals surface area (Å²) in [6, 6.07) is 16.3. The van der Waals surface area contributed by atoms with Crippen LogP contribution in [0.1, 0.15) is 18.2 Å². The highest BCUT2D eigenvalue weighted by molar-refractivity contribution is 5.72. The van der Waals surface area contributed by atoms with E-state index in [-0.39, 0.29) is 17.9 Å². The molecule has 6 rings (SSSR count). The summed E-state index contributed by atoms with van der Waals surface area (Å²) in [5.41, 5.74) is 5.85. The number of piperidine rings is 1. The van der Waals surface area contributed by atoms with E-state index in [2.05, 4.69) is 75.4 Å². The van der Waals surface area contributed by atoms with Gasteiger partial charge in [0.1, 0.15) is 5.82 Å². The van der Waals surface area contributed by atoms with Crippen molar-refractivity contribution in [3.63, 3.8) is 0 Å². The van der Waals surface area contributed by atoms with Gasteiger partial charge in [0, 0.05) is 49.7 Å². The van der Waals surface area contributed by atoms with Crippen molar-refractivity contribution < 1.29 is 5.11 Å². The lowest BCUT2D eigenvalue weighted by molar-refractivity contribution is 0.0334. The third-order valence-electron chi connectivity index (χ3n) is 7.58. The predicted molar refractivity (Wildman–Crippen MR) is 143 cm³/mol. The minimum absolute atomic E-state index is 0.172. The molecule has 5 heterocycles. The fourth-order valence-electron chi connectivity index (χ4n) is 5.77. The first-order chi connectivity index (χ1) is 17.9. The molecule has 1 aromatic carbocycles. The maximum Gasteiger partial charge on any atom is 0.161 e. The minimum Gasteiger partial charge on any atom is -0.392 e. The lowest BCUT2D eigenvalue weighted by atomic mass is 9.86. The van der Waals surface area contributed by atoms with Crippen LogP contribution in [0.25, 0.3) is 28.3 Å². The van der Waals surface area contributed by atoms with Crippen molar-refractivity contribution in [2.24, 2.45) is 11.8 Å². The van der Waals surface area contributed by atoms with Gasteiger partial charge in [-0.15, -0.1) is 0 Å². The fraction of sp³-hybridized carbons (Fsp3) is 0.345. The van der Waals surface area contributed by atoms with Crippen LogP contribution in [-0.4, -0.2) is 68.9 Å². The van der Waals surface area contributed by atoms with Gasteiger partial charge in [0.15, 0.2) is 5.82 Å². The second-order valence-corrected chi connectivity index (χ2v) is 10.6. The average molecular weight is 494 g/mol. The number of benzene rings is 1. The molecule has 0 bridgehead atoms. The molecule has 0 amide bonds. The van der Waals surface area contributed by atoms with Crippen LogP contribution in [0.3, 0.4) is 0 Å². The zero-order valence-corrected chi connectivity index (χ0v) is 21.4. The largest absolute Gasteiger partial charge is 0.392 e. The quantitative estimate of drug-likeness (QED) is 0.412. The van der Waals surface area contributed by atoms with E-state index in [1.54, 1.807) is 0 Å². The summed E-state index contributed by atoms with van der Waals surface area (Å²) >= 11 is 0. The van der Waals surface area contributed by atoms with Gasteiger partial charge in [-0.25, -0.2) is 9.97 Å².